The minimum atomic E-state index is -0.762. The summed E-state index contributed by atoms with van der Waals surface area (Å²) in [5.41, 5.74) is 0. The molecule has 0 saturated heterocycles. The first-order chi connectivity index (χ1) is 30.7. The fourth-order valence-corrected chi connectivity index (χ4v) is 8.70. The second kappa shape index (κ2) is 49.8. The molecule has 0 unspecified atom stereocenters. The molecular weight excluding hydrogens is 781 g/mol. The number of esters is 3. The van der Waals surface area contributed by atoms with Gasteiger partial charge in [-0.2, -0.15) is 0 Å². The zero-order valence-corrected chi connectivity index (χ0v) is 43.2. The monoisotopic (exact) mass is 891 g/mol. The van der Waals surface area contributed by atoms with Crippen molar-refractivity contribution in [2.45, 2.75) is 323 Å². The Morgan fingerprint density at radius 2 is 0.524 bits per heavy atom. The predicted octanol–water partition coefficient (Wildman–Crippen LogP) is 18.5. The molecule has 6 nitrogen and oxygen atoms in total. The summed E-state index contributed by atoms with van der Waals surface area (Å²) in [6.07, 6.45) is 52.4. The molecule has 1 atom stereocenters. The van der Waals surface area contributed by atoms with E-state index in [0.717, 1.165) is 69.6 Å². The summed E-state index contributed by atoms with van der Waals surface area (Å²) >= 11 is 0. The minimum Gasteiger partial charge on any atom is -0.462 e. The topological polar surface area (TPSA) is 78.9 Å². The molecule has 0 aromatic heterocycles. The fourth-order valence-electron chi connectivity index (χ4n) is 8.70. The molecule has 0 amide bonds. The molecule has 0 aromatic rings. The third kappa shape index (κ3) is 51.3. The smallest absolute Gasteiger partial charge is 0.306 e. The Bertz CT molecular complexity index is 962. The Kier molecular flexibility index (Phi) is 48.6. The first-order valence-electron chi connectivity index (χ1n) is 28.2. The number of carbonyl (C=O) groups is 3. The van der Waals surface area contributed by atoms with Crippen molar-refractivity contribution in [3.63, 3.8) is 0 Å². The normalized spacial score (nSPS) is 12.0. The maximum Gasteiger partial charge on any atom is 0.306 e. The minimum absolute atomic E-state index is 0.0632. The van der Waals surface area contributed by atoms with E-state index in [4.69, 9.17) is 14.2 Å². The van der Waals surface area contributed by atoms with Crippen molar-refractivity contribution in [1.29, 1.82) is 0 Å². The summed E-state index contributed by atoms with van der Waals surface area (Å²) < 4.78 is 16.9. The Morgan fingerprint density at radius 3 is 0.778 bits per heavy atom. The van der Waals surface area contributed by atoms with Gasteiger partial charge in [0.25, 0.3) is 0 Å². The van der Waals surface area contributed by atoms with Crippen LogP contribution in [0.5, 0.6) is 0 Å². The Labute approximate surface area is 393 Å². The number of rotatable bonds is 51. The van der Waals surface area contributed by atoms with Crippen LogP contribution in [0.1, 0.15) is 317 Å². The van der Waals surface area contributed by atoms with Crippen LogP contribution in [0.25, 0.3) is 0 Å². The molecule has 0 fully saturated rings. The molecule has 0 spiro atoms. The van der Waals surface area contributed by atoms with Crippen LogP contribution in [0, 0.1) is 11.8 Å². The van der Waals surface area contributed by atoms with E-state index in [0.29, 0.717) is 19.3 Å². The maximum atomic E-state index is 12.8. The molecule has 374 valence electrons. The van der Waals surface area contributed by atoms with Crippen molar-refractivity contribution in [2.75, 3.05) is 13.2 Å². The molecule has 0 N–H and O–H groups in total. The molecule has 0 aliphatic heterocycles. The Morgan fingerprint density at radius 1 is 0.302 bits per heavy atom. The second-order valence-electron chi connectivity index (χ2n) is 20.5. The largest absolute Gasteiger partial charge is 0.462 e. The molecule has 0 radical (unpaired) electrons. The van der Waals surface area contributed by atoms with Crippen LogP contribution in [0.2, 0.25) is 0 Å². The number of carbonyl (C=O) groups excluding carboxylic acids is 3. The summed E-state index contributed by atoms with van der Waals surface area (Å²) in [4.78, 5) is 38.1. The lowest BCUT2D eigenvalue weighted by Gasteiger charge is -2.18. The van der Waals surface area contributed by atoms with Crippen LogP contribution in [0.15, 0.2) is 0 Å². The lowest BCUT2D eigenvalue weighted by molar-refractivity contribution is -0.167. The van der Waals surface area contributed by atoms with Gasteiger partial charge < -0.3 is 14.2 Å². The van der Waals surface area contributed by atoms with E-state index in [1.165, 1.54) is 205 Å². The Hall–Kier alpha value is -1.59. The van der Waals surface area contributed by atoms with E-state index in [1.54, 1.807) is 0 Å². The molecule has 0 aliphatic carbocycles. The van der Waals surface area contributed by atoms with Crippen molar-refractivity contribution >= 4 is 17.9 Å². The van der Waals surface area contributed by atoms with Crippen LogP contribution < -0.4 is 0 Å². The second-order valence-corrected chi connectivity index (χ2v) is 20.5. The van der Waals surface area contributed by atoms with Crippen LogP contribution in [-0.2, 0) is 28.6 Å². The zero-order valence-electron chi connectivity index (χ0n) is 43.2. The van der Waals surface area contributed by atoms with Gasteiger partial charge in [0.1, 0.15) is 13.2 Å². The predicted molar refractivity (Wildman–Crippen MR) is 270 cm³/mol. The van der Waals surface area contributed by atoms with Gasteiger partial charge in [-0.3, -0.25) is 14.4 Å². The van der Waals surface area contributed by atoms with Crippen LogP contribution >= 0.6 is 0 Å². The third-order valence-electron chi connectivity index (χ3n) is 13.0. The third-order valence-corrected chi connectivity index (χ3v) is 13.0. The van der Waals surface area contributed by atoms with Gasteiger partial charge in [-0.25, -0.2) is 0 Å². The van der Waals surface area contributed by atoms with Gasteiger partial charge >= 0.3 is 17.9 Å². The lowest BCUT2D eigenvalue weighted by Crippen LogP contribution is -2.30. The number of unbranched alkanes of at least 4 members (excludes halogenated alkanes) is 36. The van der Waals surface area contributed by atoms with Gasteiger partial charge in [-0.1, -0.05) is 279 Å². The Balaban J connectivity index is 4.27. The standard InChI is InChI=1S/C57H110O6/c1-6-7-8-9-10-11-12-13-14-17-20-23-26-32-37-42-47-55(58)61-50-54(51-62-56(59)48-43-38-33-29-28-31-36-41-46-53(4)5)63-57(60)49-44-39-34-27-24-21-18-15-16-19-22-25-30-35-40-45-52(2)3/h52-54H,6-51H2,1-5H3/t54-/m0/s1. The summed E-state index contributed by atoms with van der Waals surface area (Å²) in [6, 6.07) is 0. The molecule has 6 heteroatoms. The molecule has 63 heavy (non-hydrogen) atoms. The van der Waals surface area contributed by atoms with E-state index < -0.39 is 6.10 Å². The van der Waals surface area contributed by atoms with Gasteiger partial charge in [0.05, 0.1) is 0 Å². The SMILES string of the molecule is CCCCCCCCCCCCCCCCCCC(=O)OC[C@@H](COC(=O)CCCCCCCCCCC(C)C)OC(=O)CCCCCCCCCCCCCCCCCC(C)C. The van der Waals surface area contributed by atoms with E-state index in [2.05, 4.69) is 34.6 Å². The quantitative estimate of drug-likeness (QED) is 0.0344. The highest BCUT2D eigenvalue weighted by atomic mass is 16.6. The van der Waals surface area contributed by atoms with Crippen LogP contribution in [0.3, 0.4) is 0 Å². The van der Waals surface area contributed by atoms with E-state index in [-0.39, 0.29) is 31.1 Å². The molecule has 0 rings (SSSR count). The van der Waals surface area contributed by atoms with Gasteiger partial charge in [-0.15, -0.1) is 0 Å². The summed E-state index contributed by atoms with van der Waals surface area (Å²) in [6.45, 7) is 11.4. The number of hydrogen-bond donors (Lipinski definition) is 0. The van der Waals surface area contributed by atoms with Crippen LogP contribution in [0.4, 0.5) is 0 Å². The molecule has 0 aromatic carbocycles. The molecule has 0 aliphatic rings. The van der Waals surface area contributed by atoms with Crippen LogP contribution in [-0.4, -0.2) is 37.2 Å². The summed E-state index contributed by atoms with van der Waals surface area (Å²) in [7, 11) is 0. The summed E-state index contributed by atoms with van der Waals surface area (Å²) in [5.74, 6) is 0.801. The molecule has 0 saturated carbocycles. The molecule has 0 bridgehead atoms. The van der Waals surface area contributed by atoms with Gasteiger partial charge in [0.15, 0.2) is 6.10 Å². The van der Waals surface area contributed by atoms with Crippen molar-refractivity contribution in [2.24, 2.45) is 11.8 Å². The first kappa shape index (κ1) is 61.4. The highest BCUT2D eigenvalue weighted by Crippen LogP contribution is 2.18. The van der Waals surface area contributed by atoms with Crippen molar-refractivity contribution in [3.05, 3.63) is 0 Å². The van der Waals surface area contributed by atoms with Crippen molar-refractivity contribution in [3.8, 4) is 0 Å². The molecule has 0 heterocycles. The van der Waals surface area contributed by atoms with Gasteiger partial charge in [0.2, 0.25) is 0 Å². The molecular formula is C57H110O6. The maximum absolute atomic E-state index is 12.8. The fraction of sp³-hybridized carbons (Fsp3) is 0.947. The van der Waals surface area contributed by atoms with E-state index in [9.17, 15) is 14.4 Å². The van der Waals surface area contributed by atoms with Gasteiger partial charge in [-0.05, 0) is 31.1 Å². The highest BCUT2D eigenvalue weighted by molar-refractivity contribution is 5.71. The average Bonchev–Trinajstić information content (AvgIpc) is 3.25. The number of hydrogen-bond acceptors (Lipinski definition) is 6. The zero-order chi connectivity index (χ0) is 46.1. The van der Waals surface area contributed by atoms with Gasteiger partial charge in [0, 0.05) is 19.3 Å². The van der Waals surface area contributed by atoms with Crippen molar-refractivity contribution < 1.29 is 28.6 Å². The average molecular weight is 892 g/mol. The highest BCUT2D eigenvalue weighted by Gasteiger charge is 2.19. The van der Waals surface area contributed by atoms with E-state index >= 15 is 0 Å². The number of ether oxygens (including phenoxy) is 3. The summed E-state index contributed by atoms with van der Waals surface area (Å²) in [5, 5.41) is 0. The van der Waals surface area contributed by atoms with Crippen molar-refractivity contribution in [1.82, 2.24) is 0 Å². The van der Waals surface area contributed by atoms with E-state index in [1.807, 2.05) is 0 Å². The lowest BCUT2D eigenvalue weighted by atomic mass is 10.0. The first-order valence-corrected chi connectivity index (χ1v) is 28.2.